The summed E-state index contributed by atoms with van der Waals surface area (Å²) >= 11 is 0. The molecule has 0 aliphatic rings. The van der Waals surface area contributed by atoms with E-state index in [0.29, 0.717) is 0 Å². The van der Waals surface area contributed by atoms with E-state index in [1.807, 2.05) is 13.1 Å². The Morgan fingerprint density at radius 2 is 2.33 bits per heavy atom. The van der Waals surface area contributed by atoms with Gasteiger partial charge >= 0.3 is 0 Å². The van der Waals surface area contributed by atoms with Gasteiger partial charge in [0.05, 0.1) is 0 Å². The Balaban J connectivity index is 3.29. The van der Waals surface area contributed by atoms with Gasteiger partial charge in [-0.15, -0.1) is 0 Å². The second kappa shape index (κ2) is 8.23. The van der Waals surface area contributed by atoms with Gasteiger partial charge in [-0.2, -0.15) is 5.10 Å². The number of nitrogens with one attached hydrogen (secondary N) is 2. The zero-order chi connectivity index (χ0) is 9.23. The molecule has 0 aromatic carbocycles. The summed E-state index contributed by atoms with van der Waals surface area (Å²) in [5.41, 5.74) is 2.65. The quantitative estimate of drug-likeness (QED) is 0.412. The maximum atomic E-state index is 3.48. The lowest BCUT2D eigenvalue weighted by atomic mass is 10.5. The molecule has 12 heavy (non-hydrogen) atoms. The Hall–Kier alpha value is -0.870. The van der Waals surface area contributed by atoms with Gasteiger partial charge in [-0.25, -0.2) is 0 Å². The normalized spacial score (nSPS) is 10.9. The molecule has 0 rings (SSSR count). The number of hydrogen-bond acceptors (Lipinski definition) is 4. The summed E-state index contributed by atoms with van der Waals surface area (Å²) in [5.74, 6) is 0. The Morgan fingerprint density at radius 3 is 2.92 bits per heavy atom. The average Bonchev–Trinajstić information content (AvgIpc) is 2.09. The Morgan fingerprint density at radius 1 is 1.58 bits per heavy atom. The van der Waals surface area contributed by atoms with Crippen molar-refractivity contribution in [2.75, 3.05) is 33.7 Å². The minimum absolute atomic E-state index is 0.921. The lowest BCUT2D eigenvalue weighted by Gasteiger charge is -2.12. The van der Waals surface area contributed by atoms with E-state index in [1.165, 1.54) is 0 Å². The van der Waals surface area contributed by atoms with Crippen LogP contribution in [0.15, 0.2) is 17.4 Å². The molecule has 70 valence electrons. The minimum Gasteiger partial charge on any atom is -0.318 e. The minimum atomic E-state index is 0.921. The van der Waals surface area contributed by atoms with Crippen LogP contribution in [-0.2, 0) is 0 Å². The Bertz CT molecular complexity index is 133. The van der Waals surface area contributed by atoms with Crippen molar-refractivity contribution in [3.05, 3.63) is 12.3 Å². The third kappa shape index (κ3) is 7.24. The summed E-state index contributed by atoms with van der Waals surface area (Å²) in [6, 6.07) is 0. The smallest absolute Gasteiger partial charge is 0.0178 e. The SMILES string of the molecule is C=NN/C=C/CN(C)CCNC. The summed E-state index contributed by atoms with van der Waals surface area (Å²) in [6.45, 7) is 6.27. The van der Waals surface area contributed by atoms with Crippen molar-refractivity contribution in [1.82, 2.24) is 15.6 Å². The van der Waals surface area contributed by atoms with Gasteiger partial charge in [0.1, 0.15) is 0 Å². The van der Waals surface area contributed by atoms with Crippen LogP contribution in [-0.4, -0.2) is 45.3 Å². The first-order valence-corrected chi connectivity index (χ1v) is 4.00. The molecule has 0 spiro atoms. The highest BCUT2D eigenvalue weighted by Crippen LogP contribution is 1.80. The summed E-state index contributed by atoms with van der Waals surface area (Å²) in [6.07, 6.45) is 3.78. The predicted molar refractivity (Wildman–Crippen MR) is 53.2 cm³/mol. The molecule has 2 N–H and O–H groups in total. The van der Waals surface area contributed by atoms with E-state index in [9.17, 15) is 0 Å². The second-order valence-electron chi connectivity index (χ2n) is 2.56. The fourth-order valence-electron chi connectivity index (χ4n) is 0.732. The molecular formula is C8H18N4. The van der Waals surface area contributed by atoms with Crippen LogP contribution < -0.4 is 10.7 Å². The molecule has 0 aliphatic heterocycles. The van der Waals surface area contributed by atoms with E-state index in [0.717, 1.165) is 19.6 Å². The van der Waals surface area contributed by atoms with Gasteiger partial charge in [0.15, 0.2) is 0 Å². The van der Waals surface area contributed by atoms with E-state index in [4.69, 9.17) is 0 Å². The van der Waals surface area contributed by atoms with Crippen LogP contribution in [0.2, 0.25) is 0 Å². The van der Waals surface area contributed by atoms with Crippen LogP contribution in [0.3, 0.4) is 0 Å². The third-order valence-electron chi connectivity index (χ3n) is 1.44. The maximum absolute atomic E-state index is 3.48. The zero-order valence-electron chi connectivity index (χ0n) is 7.88. The van der Waals surface area contributed by atoms with Crippen molar-refractivity contribution in [1.29, 1.82) is 0 Å². The van der Waals surface area contributed by atoms with Gasteiger partial charge < -0.3 is 10.2 Å². The van der Waals surface area contributed by atoms with Crippen molar-refractivity contribution >= 4 is 6.72 Å². The predicted octanol–water partition coefficient (Wildman–Crippen LogP) is -0.143. The molecule has 0 heterocycles. The summed E-state index contributed by atoms with van der Waals surface area (Å²) in [4.78, 5) is 2.21. The van der Waals surface area contributed by atoms with Crippen LogP contribution >= 0.6 is 0 Å². The lowest BCUT2D eigenvalue weighted by Crippen LogP contribution is -2.27. The van der Waals surface area contributed by atoms with Crippen LogP contribution in [0.4, 0.5) is 0 Å². The van der Waals surface area contributed by atoms with E-state index in [2.05, 4.69) is 34.5 Å². The van der Waals surface area contributed by atoms with E-state index >= 15 is 0 Å². The summed E-state index contributed by atoms with van der Waals surface area (Å²) in [5, 5.41) is 6.57. The topological polar surface area (TPSA) is 39.7 Å². The third-order valence-corrected chi connectivity index (χ3v) is 1.44. The molecule has 4 nitrogen and oxygen atoms in total. The molecule has 0 amide bonds. The van der Waals surface area contributed by atoms with Gasteiger partial charge in [0.25, 0.3) is 0 Å². The molecule has 0 saturated heterocycles. The molecule has 0 aromatic heterocycles. The fraction of sp³-hybridized carbons (Fsp3) is 0.625. The maximum Gasteiger partial charge on any atom is 0.0178 e. The molecule has 0 fully saturated rings. The Labute approximate surface area is 74.3 Å². The number of likely N-dealkylation sites (N-methyl/N-ethyl adjacent to an activating group) is 2. The molecule has 0 saturated carbocycles. The van der Waals surface area contributed by atoms with Crippen molar-refractivity contribution in [2.45, 2.75) is 0 Å². The number of nitrogens with zero attached hydrogens (tertiary/aromatic N) is 2. The van der Waals surface area contributed by atoms with Crippen molar-refractivity contribution in [2.24, 2.45) is 5.10 Å². The molecule has 0 radical (unpaired) electrons. The van der Waals surface area contributed by atoms with Crippen LogP contribution in [0, 0.1) is 0 Å². The van der Waals surface area contributed by atoms with Crippen molar-refractivity contribution in [3.8, 4) is 0 Å². The molecule has 4 heteroatoms. The Kier molecular flexibility index (Phi) is 7.63. The van der Waals surface area contributed by atoms with E-state index in [-0.39, 0.29) is 0 Å². The molecule has 0 atom stereocenters. The highest BCUT2D eigenvalue weighted by Gasteiger charge is 1.91. The molecule has 0 aliphatic carbocycles. The average molecular weight is 170 g/mol. The summed E-state index contributed by atoms with van der Waals surface area (Å²) in [7, 11) is 4.02. The fourth-order valence-corrected chi connectivity index (χ4v) is 0.732. The highest BCUT2D eigenvalue weighted by atomic mass is 15.3. The van der Waals surface area contributed by atoms with Crippen molar-refractivity contribution < 1.29 is 0 Å². The summed E-state index contributed by atoms with van der Waals surface area (Å²) < 4.78 is 0. The van der Waals surface area contributed by atoms with Crippen LogP contribution in [0.5, 0.6) is 0 Å². The van der Waals surface area contributed by atoms with Gasteiger partial charge in [-0.3, -0.25) is 5.43 Å². The first kappa shape index (κ1) is 11.1. The number of rotatable bonds is 7. The standard InChI is InChI=1S/C8H18N4/c1-9-6-8-12(3)7-4-5-11-10-2/h4-5,9,11H,2,6-8H2,1,3H3/b5-4+. The largest absolute Gasteiger partial charge is 0.318 e. The van der Waals surface area contributed by atoms with Gasteiger partial charge in [-0.05, 0) is 14.1 Å². The molecule has 0 aromatic rings. The first-order valence-electron chi connectivity index (χ1n) is 4.00. The second-order valence-corrected chi connectivity index (χ2v) is 2.56. The molecular weight excluding hydrogens is 152 g/mol. The van der Waals surface area contributed by atoms with Crippen LogP contribution in [0.1, 0.15) is 0 Å². The lowest BCUT2D eigenvalue weighted by molar-refractivity contribution is 0.370. The van der Waals surface area contributed by atoms with Gasteiger partial charge in [0, 0.05) is 32.6 Å². The molecule has 0 bridgehead atoms. The number of hydrazone groups is 1. The van der Waals surface area contributed by atoms with E-state index < -0.39 is 0 Å². The first-order chi connectivity index (χ1) is 5.81. The van der Waals surface area contributed by atoms with Crippen molar-refractivity contribution in [3.63, 3.8) is 0 Å². The van der Waals surface area contributed by atoms with Gasteiger partial charge in [-0.1, -0.05) is 6.08 Å². The number of hydrogen-bond donors (Lipinski definition) is 2. The van der Waals surface area contributed by atoms with E-state index in [1.54, 1.807) is 6.20 Å². The van der Waals surface area contributed by atoms with Gasteiger partial charge in [0.2, 0.25) is 0 Å². The highest BCUT2D eigenvalue weighted by molar-refractivity contribution is 5.22. The zero-order valence-corrected chi connectivity index (χ0v) is 7.88. The molecule has 0 unspecified atom stereocenters. The van der Waals surface area contributed by atoms with Crippen LogP contribution in [0.25, 0.3) is 0 Å². The monoisotopic (exact) mass is 170 g/mol.